The number of carbonyl (C=O) groups is 1. The van der Waals surface area contributed by atoms with Crippen LogP contribution in [0.1, 0.15) is 13.3 Å². The summed E-state index contributed by atoms with van der Waals surface area (Å²) >= 11 is 1.43. The van der Waals surface area contributed by atoms with Crippen LogP contribution < -0.4 is 10.9 Å². The maximum absolute atomic E-state index is 12.1. The molecule has 1 atom stereocenters. The summed E-state index contributed by atoms with van der Waals surface area (Å²) in [7, 11) is 1.59. The fourth-order valence-electron chi connectivity index (χ4n) is 1.91. The zero-order chi connectivity index (χ0) is 14.5. The number of rotatable bonds is 6. The normalized spacial score (nSPS) is 12.5. The highest BCUT2D eigenvalue weighted by Gasteiger charge is 2.09. The molecule has 0 spiro atoms. The second kappa shape index (κ2) is 6.62. The van der Waals surface area contributed by atoms with Crippen LogP contribution in [0.25, 0.3) is 10.2 Å². The summed E-state index contributed by atoms with van der Waals surface area (Å²) in [5.74, 6) is -0.105. The van der Waals surface area contributed by atoms with E-state index in [1.54, 1.807) is 13.2 Å². The molecule has 1 amide bonds. The Balaban J connectivity index is 1.97. The second-order valence-electron chi connectivity index (χ2n) is 4.56. The number of hydrogen-bond donors (Lipinski definition) is 1. The predicted molar refractivity (Wildman–Crippen MR) is 78.0 cm³/mol. The van der Waals surface area contributed by atoms with Crippen LogP contribution in [0.5, 0.6) is 0 Å². The molecule has 6 nitrogen and oxygen atoms in total. The average molecular weight is 295 g/mol. The lowest BCUT2D eigenvalue weighted by atomic mass is 10.3. The van der Waals surface area contributed by atoms with Gasteiger partial charge in [0.05, 0.1) is 18.3 Å². The third-order valence-electron chi connectivity index (χ3n) is 2.85. The topological polar surface area (TPSA) is 73.2 Å². The lowest BCUT2D eigenvalue weighted by molar-refractivity contribution is -0.122. The highest BCUT2D eigenvalue weighted by molar-refractivity contribution is 7.16. The number of aromatic nitrogens is 2. The van der Waals surface area contributed by atoms with Gasteiger partial charge in [-0.3, -0.25) is 14.2 Å². The second-order valence-corrected chi connectivity index (χ2v) is 5.45. The molecule has 0 aliphatic rings. The highest BCUT2D eigenvalue weighted by Crippen LogP contribution is 2.13. The van der Waals surface area contributed by atoms with Gasteiger partial charge in [-0.15, -0.1) is 11.3 Å². The minimum atomic E-state index is -0.105. The molecule has 1 unspecified atom stereocenters. The van der Waals surface area contributed by atoms with E-state index in [1.807, 2.05) is 12.3 Å². The Bertz CT molecular complexity index is 650. The van der Waals surface area contributed by atoms with Gasteiger partial charge in [0.2, 0.25) is 5.91 Å². The number of fused-ring (bicyclic) bond motifs is 1. The van der Waals surface area contributed by atoms with Crippen LogP contribution in [0, 0.1) is 0 Å². The number of nitrogens with zero attached hydrogens (tertiary/aromatic N) is 2. The number of amides is 1. The van der Waals surface area contributed by atoms with Crippen LogP contribution >= 0.6 is 11.3 Å². The molecule has 0 aliphatic carbocycles. The van der Waals surface area contributed by atoms with Crippen molar-refractivity contribution in [1.82, 2.24) is 14.9 Å². The van der Waals surface area contributed by atoms with E-state index in [0.29, 0.717) is 18.5 Å². The van der Waals surface area contributed by atoms with Crippen LogP contribution in [0.2, 0.25) is 0 Å². The first-order chi connectivity index (χ1) is 9.61. The monoisotopic (exact) mass is 295 g/mol. The van der Waals surface area contributed by atoms with E-state index < -0.39 is 0 Å². The van der Waals surface area contributed by atoms with Crippen molar-refractivity contribution in [3.05, 3.63) is 28.1 Å². The van der Waals surface area contributed by atoms with E-state index in [0.717, 1.165) is 4.83 Å². The van der Waals surface area contributed by atoms with E-state index in [1.165, 1.54) is 22.2 Å². The number of methoxy groups -OCH3 is 1. The molecule has 2 aromatic heterocycles. The van der Waals surface area contributed by atoms with E-state index in [4.69, 9.17) is 4.74 Å². The fourth-order valence-corrected chi connectivity index (χ4v) is 2.64. The average Bonchev–Trinajstić information content (AvgIpc) is 2.87. The molecule has 1 N–H and O–H groups in total. The number of nitrogens with one attached hydrogen (secondary N) is 1. The maximum Gasteiger partial charge on any atom is 0.262 e. The summed E-state index contributed by atoms with van der Waals surface area (Å²) in [5.41, 5.74) is -0.103. The van der Waals surface area contributed by atoms with Gasteiger partial charge in [-0.1, -0.05) is 0 Å². The predicted octanol–water partition coefficient (Wildman–Crippen LogP) is 0.999. The third kappa shape index (κ3) is 3.43. The number of thiophene rings is 1. The Kier molecular flexibility index (Phi) is 4.86. The Labute approximate surface area is 120 Å². The molecule has 2 rings (SSSR count). The number of aryl methyl sites for hydroxylation is 1. The molecule has 2 heterocycles. The van der Waals surface area contributed by atoms with Crippen molar-refractivity contribution in [2.45, 2.75) is 25.9 Å². The van der Waals surface area contributed by atoms with E-state index in [-0.39, 0.29) is 23.9 Å². The van der Waals surface area contributed by atoms with E-state index in [9.17, 15) is 9.59 Å². The smallest absolute Gasteiger partial charge is 0.262 e. The Morgan fingerprint density at radius 3 is 3.15 bits per heavy atom. The van der Waals surface area contributed by atoms with Gasteiger partial charge in [0.25, 0.3) is 5.56 Å². The van der Waals surface area contributed by atoms with Crippen LogP contribution in [-0.4, -0.2) is 35.2 Å². The zero-order valence-corrected chi connectivity index (χ0v) is 12.3. The lowest BCUT2D eigenvalue weighted by Crippen LogP contribution is -2.36. The molecule has 0 saturated heterocycles. The first-order valence-corrected chi connectivity index (χ1v) is 7.20. The number of hydrogen-bond acceptors (Lipinski definition) is 5. The molecule has 20 heavy (non-hydrogen) atoms. The summed E-state index contributed by atoms with van der Waals surface area (Å²) in [6, 6.07) is 1.72. The van der Waals surface area contributed by atoms with Gasteiger partial charge in [-0.05, 0) is 18.4 Å². The van der Waals surface area contributed by atoms with Crippen molar-refractivity contribution >= 4 is 27.5 Å². The number of ether oxygens (including phenoxy) is 1. The molecule has 7 heteroatoms. The summed E-state index contributed by atoms with van der Waals surface area (Å²) in [6.45, 7) is 2.66. The molecule has 0 aromatic carbocycles. The summed E-state index contributed by atoms with van der Waals surface area (Å²) in [4.78, 5) is 28.8. The molecular weight excluding hydrogens is 278 g/mol. The Hall–Kier alpha value is -1.73. The van der Waals surface area contributed by atoms with Gasteiger partial charge in [0.15, 0.2) is 0 Å². The van der Waals surface area contributed by atoms with Crippen molar-refractivity contribution in [1.29, 1.82) is 0 Å². The van der Waals surface area contributed by atoms with Gasteiger partial charge in [-0.25, -0.2) is 4.98 Å². The maximum atomic E-state index is 12.1. The van der Waals surface area contributed by atoms with Gasteiger partial charge < -0.3 is 10.1 Å². The first kappa shape index (κ1) is 14.7. The van der Waals surface area contributed by atoms with Crippen molar-refractivity contribution in [2.24, 2.45) is 0 Å². The summed E-state index contributed by atoms with van der Waals surface area (Å²) in [6.07, 6.45) is 1.73. The minimum absolute atomic E-state index is 0.0401. The van der Waals surface area contributed by atoms with Gasteiger partial charge >= 0.3 is 0 Å². The van der Waals surface area contributed by atoms with Crippen molar-refractivity contribution in [2.75, 3.05) is 13.7 Å². The molecule has 108 valence electrons. The van der Waals surface area contributed by atoms with E-state index in [2.05, 4.69) is 10.3 Å². The molecule has 2 aromatic rings. The Morgan fingerprint density at radius 1 is 1.60 bits per heavy atom. The standard InChI is InChI=1S/C13H17N3O3S/c1-9(7-19-2)15-11(17)3-5-16-8-14-12-10(13(16)18)4-6-20-12/h4,6,8-9H,3,5,7H2,1-2H3,(H,15,17). The van der Waals surface area contributed by atoms with Crippen LogP contribution in [0.4, 0.5) is 0 Å². The SMILES string of the molecule is COCC(C)NC(=O)CCn1cnc2sccc2c1=O. The highest BCUT2D eigenvalue weighted by atomic mass is 32.1. The molecular formula is C13H17N3O3S. The van der Waals surface area contributed by atoms with Gasteiger partial charge in [0.1, 0.15) is 4.83 Å². The molecule has 0 bridgehead atoms. The van der Waals surface area contributed by atoms with Crippen LogP contribution in [0.3, 0.4) is 0 Å². The minimum Gasteiger partial charge on any atom is -0.383 e. The fraction of sp³-hybridized carbons (Fsp3) is 0.462. The van der Waals surface area contributed by atoms with Crippen LogP contribution in [-0.2, 0) is 16.1 Å². The molecule has 0 saturated carbocycles. The molecule has 0 aliphatic heterocycles. The van der Waals surface area contributed by atoms with Gasteiger partial charge in [0, 0.05) is 26.1 Å². The zero-order valence-electron chi connectivity index (χ0n) is 11.5. The van der Waals surface area contributed by atoms with Crippen LogP contribution in [0.15, 0.2) is 22.6 Å². The molecule has 0 fully saturated rings. The Morgan fingerprint density at radius 2 is 2.40 bits per heavy atom. The summed E-state index contributed by atoms with van der Waals surface area (Å²) in [5, 5.41) is 5.24. The first-order valence-electron chi connectivity index (χ1n) is 6.32. The lowest BCUT2D eigenvalue weighted by Gasteiger charge is -2.12. The van der Waals surface area contributed by atoms with E-state index >= 15 is 0 Å². The molecule has 0 radical (unpaired) electrons. The largest absolute Gasteiger partial charge is 0.383 e. The third-order valence-corrected chi connectivity index (χ3v) is 3.68. The van der Waals surface area contributed by atoms with Crippen molar-refractivity contribution in [3.63, 3.8) is 0 Å². The quantitative estimate of drug-likeness (QED) is 0.863. The number of carbonyl (C=O) groups excluding carboxylic acids is 1. The summed E-state index contributed by atoms with van der Waals surface area (Å²) < 4.78 is 6.41. The van der Waals surface area contributed by atoms with Gasteiger partial charge in [-0.2, -0.15) is 0 Å². The van der Waals surface area contributed by atoms with Crippen molar-refractivity contribution in [3.8, 4) is 0 Å². The van der Waals surface area contributed by atoms with Crippen molar-refractivity contribution < 1.29 is 9.53 Å².